The van der Waals surface area contributed by atoms with Gasteiger partial charge in [-0.2, -0.15) is 0 Å². The first kappa shape index (κ1) is 13.7. The van der Waals surface area contributed by atoms with Crippen molar-refractivity contribution >= 4 is 10.9 Å². The molecular weight excluding hydrogens is 260 g/mol. The van der Waals surface area contributed by atoms with Gasteiger partial charge in [0.2, 0.25) is 0 Å². The summed E-state index contributed by atoms with van der Waals surface area (Å²) >= 11 is 0. The van der Waals surface area contributed by atoms with Gasteiger partial charge < -0.3 is 14.6 Å². The maximum Gasteiger partial charge on any atom is 0.119 e. The normalized spacial score (nSPS) is 10.9. The first-order valence-electron chi connectivity index (χ1n) is 7.27. The Labute approximate surface area is 125 Å². The highest BCUT2D eigenvalue weighted by Gasteiger charge is 2.07. The zero-order chi connectivity index (χ0) is 14.5. The van der Waals surface area contributed by atoms with Crippen LogP contribution in [0.15, 0.2) is 60.8 Å². The molecule has 1 N–H and O–H groups in total. The summed E-state index contributed by atoms with van der Waals surface area (Å²) in [6.07, 6.45) is 2.22. The fraction of sp³-hybridized carbons (Fsp3) is 0.222. The van der Waals surface area contributed by atoms with Crippen molar-refractivity contribution in [3.63, 3.8) is 0 Å². The van der Waals surface area contributed by atoms with Crippen molar-refractivity contribution in [2.45, 2.75) is 13.1 Å². The van der Waals surface area contributed by atoms with Gasteiger partial charge in [0.25, 0.3) is 0 Å². The van der Waals surface area contributed by atoms with Crippen LogP contribution >= 0.6 is 0 Å². The number of hydrogen-bond acceptors (Lipinski definition) is 2. The largest absolute Gasteiger partial charge is 0.492 e. The summed E-state index contributed by atoms with van der Waals surface area (Å²) in [5, 5.41) is 4.54. The monoisotopic (exact) mass is 280 g/mol. The van der Waals surface area contributed by atoms with Crippen molar-refractivity contribution in [3.8, 4) is 5.75 Å². The summed E-state index contributed by atoms with van der Waals surface area (Å²) in [5.74, 6) is 0.921. The Morgan fingerprint density at radius 1 is 1.00 bits per heavy atom. The molecule has 0 fully saturated rings. The molecular formula is C18H20N2O. The van der Waals surface area contributed by atoms with Crippen LogP contribution < -0.4 is 10.1 Å². The molecule has 0 bridgehead atoms. The Bertz CT molecular complexity index is 704. The van der Waals surface area contributed by atoms with Gasteiger partial charge in [-0.05, 0) is 30.8 Å². The number of rotatable bonds is 6. The van der Waals surface area contributed by atoms with E-state index in [-0.39, 0.29) is 0 Å². The minimum atomic E-state index is 0.668. The van der Waals surface area contributed by atoms with Gasteiger partial charge in [-0.1, -0.05) is 36.4 Å². The molecule has 108 valence electrons. The predicted molar refractivity (Wildman–Crippen MR) is 86.6 cm³/mol. The number of para-hydroxylation sites is 2. The molecule has 2 aromatic carbocycles. The molecule has 1 heterocycles. The molecule has 0 aliphatic carbocycles. The lowest BCUT2D eigenvalue weighted by Crippen LogP contribution is -2.07. The van der Waals surface area contributed by atoms with E-state index in [0.717, 1.165) is 18.8 Å². The minimum absolute atomic E-state index is 0.668. The van der Waals surface area contributed by atoms with Crippen molar-refractivity contribution in [3.05, 3.63) is 66.4 Å². The molecule has 0 unspecified atom stereocenters. The van der Waals surface area contributed by atoms with Crippen LogP contribution in [0.3, 0.4) is 0 Å². The topological polar surface area (TPSA) is 26.2 Å². The Morgan fingerprint density at radius 3 is 2.57 bits per heavy atom. The quantitative estimate of drug-likeness (QED) is 0.748. The van der Waals surface area contributed by atoms with Gasteiger partial charge in [0.05, 0.1) is 6.54 Å². The Hall–Kier alpha value is -2.26. The molecule has 1 aromatic heterocycles. The van der Waals surface area contributed by atoms with Gasteiger partial charge in [0.1, 0.15) is 12.4 Å². The van der Waals surface area contributed by atoms with Crippen LogP contribution in [0.25, 0.3) is 10.9 Å². The first-order chi connectivity index (χ1) is 10.4. The van der Waals surface area contributed by atoms with Crippen LogP contribution in [0.1, 0.15) is 5.56 Å². The number of fused-ring (bicyclic) bond motifs is 1. The minimum Gasteiger partial charge on any atom is -0.492 e. The molecule has 0 saturated heterocycles. The average molecular weight is 280 g/mol. The number of ether oxygens (including phenoxy) is 1. The molecule has 3 aromatic rings. The molecule has 3 heteroatoms. The smallest absolute Gasteiger partial charge is 0.119 e. The number of nitrogens with one attached hydrogen (secondary N) is 1. The number of nitrogens with zero attached hydrogens (tertiary/aromatic N) is 1. The van der Waals surface area contributed by atoms with E-state index in [1.165, 1.54) is 16.5 Å². The second kappa shape index (κ2) is 6.46. The molecule has 21 heavy (non-hydrogen) atoms. The van der Waals surface area contributed by atoms with E-state index < -0.39 is 0 Å². The summed E-state index contributed by atoms with van der Waals surface area (Å²) in [5.41, 5.74) is 2.59. The molecule has 3 nitrogen and oxygen atoms in total. The average Bonchev–Trinajstić information content (AvgIpc) is 2.87. The van der Waals surface area contributed by atoms with Crippen molar-refractivity contribution < 1.29 is 4.74 Å². The lowest BCUT2D eigenvalue weighted by molar-refractivity contribution is 0.300. The summed E-state index contributed by atoms with van der Waals surface area (Å²) in [4.78, 5) is 0. The molecule has 0 aliphatic heterocycles. The van der Waals surface area contributed by atoms with Gasteiger partial charge in [0, 0.05) is 23.6 Å². The van der Waals surface area contributed by atoms with Crippen molar-refractivity contribution in [1.82, 2.24) is 9.88 Å². The van der Waals surface area contributed by atoms with Gasteiger partial charge in [-0.25, -0.2) is 0 Å². The predicted octanol–water partition coefficient (Wildman–Crippen LogP) is 3.44. The fourth-order valence-corrected chi connectivity index (χ4v) is 2.62. The Balaban J connectivity index is 1.74. The number of aromatic nitrogens is 1. The van der Waals surface area contributed by atoms with Crippen LogP contribution in [0.4, 0.5) is 0 Å². The van der Waals surface area contributed by atoms with Gasteiger partial charge in [-0.15, -0.1) is 0 Å². The number of hydrogen-bond donors (Lipinski definition) is 1. The highest BCUT2D eigenvalue weighted by atomic mass is 16.5. The molecule has 0 aliphatic rings. The standard InChI is InChI=1S/C18H20N2O/c1-19-13-15-14-20(18-10-6-5-9-17(15)18)11-12-21-16-7-3-2-4-8-16/h2-10,14,19H,11-13H2,1H3. The molecule has 3 rings (SSSR count). The third-order valence-electron chi connectivity index (χ3n) is 3.58. The maximum absolute atomic E-state index is 5.79. The molecule has 0 saturated carbocycles. The molecule has 0 atom stereocenters. The van der Waals surface area contributed by atoms with E-state index in [9.17, 15) is 0 Å². The highest BCUT2D eigenvalue weighted by Crippen LogP contribution is 2.21. The third-order valence-corrected chi connectivity index (χ3v) is 3.58. The van der Waals surface area contributed by atoms with E-state index in [1.54, 1.807) is 0 Å². The van der Waals surface area contributed by atoms with Crippen molar-refractivity contribution in [2.24, 2.45) is 0 Å². The van der Waals surface area contributed by atoms with E-state index in [0.29, 0.717) is 6.61 Å². The van der Waals surface area contributed by atoms with Crippen LogP contribution in [-0.4, -0.2) is 18.2 Å². The van der Waals surface area contributed by atoms with Gasteiger partial charge in [0.15, 0.2) is 0 Å². The summed E-state index contributed by atoms with van der Waals surface area (Å²) in [7, 11) is 1.98. The van der Waals surface area contributed by atoms with E-state index in [4.69, 9.17) is 4.74 Å². The summed E-state index contributed by atoms with van der Waals surface area (Å²) in [6, 6.07) is 18.5. The SMILES string of the molecule is CNCc1cn(CCOc2ccccc2)c2ccccc12. The van der Waals surface area contributed by atoms with Crippen LogP contribution in [0.2, 0.25) is 0 Å². The second-order valence-corrected chi connectivity index (χ2v) is 5.06. The zero-order valence-corrected chi connectivity index (χ0v) is 12.3. The highest BCUT2D eigenvalue weighted by molar-refractivity contribution is 5.83. The lowest BCUT2D eigenvalue weighted by atomic mass is 10.2. The van der Waals surface area contributed by atoms with Crippen LogP contribution in [0, 0.1) is 0 Å². The van der Waals surface area contributed by atoms with Crippen molar-refractivity contribution in [2.75, 3.05) is 13.7 Å². The maximum atomic E-state index is 5.79. The van der Waals surface area contributed by atoms with Crippen LogP contribution in [-0.2, 0) is 13.1 Å². The number of benzene rings is 2. The first-order valence-corrected chi connectivity index (χ1v) is 7.27. The summed E-state index contributed by atoms with van der Waals surface area (Å²) < 4.78 is 8.06. The second-order valence-electron chi connectivity index (χ2n) is 5.06. The van der Waals surface area contributed by atoms with Crippen molar-refractivity contribution in [1.29, 1.82) is 0 Å². The Kier molecular flexibility index (Phi) is 4.22. The van der Waals surface area contributed by atoms with Crippen LogP contribution in [0.5, 0.6) is 5.75 Å². The van der Waals surface area contributed by atoms with E-state index >= 15 is 0 Å². The Morgan fingerprint density at radius 2 is 1.76 bits per heavy atom. The fourth-order valence-electron chi connectivity index (χ4n) is 2.62. The molecule has 0 spiro atoms. The zero-order valence-electron chi connectivity index (χ0n) is 12.3. The van der Waals surface area contributed by atoms with E-state index in [2.05, 4.69) is 40.3 Å². The molecule has 0 radical (unpaired) electrons. The van der Waals surface area contributed by atoms with Gasteiger partial charge in [-0.3, -0.25) is 0 Å². The third kappa shape index (κ3) is 3.09. The summed E-state index contributed by atoms with van der Waals surface area (Å²) in [6.45, 7) is 2.40. The van der Waals surface area contributed by atoms with Gasteiger partial charge >= 0.3 is 0 Å². The lowest BCUT2D eigenvalue weighted by Gasteiger charge is -2.08. The molecule has 0 amide bonds. The van der Waals surface area contributed by atoms with E-state index in [1.807, 2.05) is 37.4 Å².